The van der Waals surface area contributed by atoms with Gasteiger partial charge in [-0.05, 0) is 164 Å². The summed E-state index contributed by atoms with van der Waals surface area (Å²) >= 11 is 0. The summed E-state index contributed by atoms with van der Waals surface area (Å²) in [4.78, 5) is 122. The minimum absolute atomic E-state index is 0.0856. The number of fused-ring (bicyclic) bond motifs is 3. The molecular formula is C80H74N18O6. The molecule has 3 saturated heterocycles. The van der Waals surface area contributed by atoms with E-state index in [4.69, 9.17) is 15.0 Å². The zero-order valence-electron chi connectivity index (χ0n) is 58.1. The third-order valence-electron chi connectivity index (χ3n) is 18.6. The zero-order valence-corrected chi connectivity index (χ0v) is 58.1. The van der Waals surface area contributed by atoms with Crippen molar-refractivity contribution in [3.8, 4) is 45.6 Å². The fraction of sp³-hybridized carbons (Fsp3) is 0.212. The second-order valence-electron chi connectivity index (χ2n) is 25.2. The quantitative estimate of drug-likeness (QED) is 0.0674. The Labute approximate surface area is 599 Å². The summed E-state index contributed by atoms with van der Waals surface area (Å²) < 4.78 is 6.25. The molecular weight excluding hydrogens is 1310 g/mol. The van der Waals surface area contributed by atoms with E-state index in [-0.39, 0.29) is 53.6 Å². The fourth-order valence-corrected chi connectivity index (χ4v) is 13.7. The molecule has 3 fully saturated rings. The van der Waals surface area contributed by atoms with Gasteiger partial charge in [-0.25, -0.2) is 29.9 Å². The minimum Gasteiger partial charge on any atom is -0.329 e. The Hall–Kier alpha value is -13.2. The van der Waals surface area contributed by atoms with Crippen LogP contribution in [-0.4, -0.2) is 128 Å². The Morgan fingerprint density at radius 3 is 1.19 bits per heavy atom. The van der Waals surface area contributed by atoms with Gasteiger partial charge in [-0.15, -0.1) is 0 Å². The molecule has 0 aliphatic carbocycles. The molecule has 3 aliphatic rings. The number of aryl methyl sites for hydroxylation is 4. The van der Waals surface area contributed by atoms with Gasteiger partial charge in [0.05, 0.1) is 69.8 Å². The maximum atomic E-state index is 12.7. The standard InChI is InChI=1S/C27H26N6O2.C27H24N6O2.C26H24N6O2/c1-4-23(34)32-15-7-8-21(32)26-31-24(25-18(3)29-16-17(2)33(25)26)19-10-12-20(13-11-19)27(35)30-22-9-5-6-14-28-22;1-3-7-24(34)32-15-6-8-21(32)26-31-25(22-17-28-16-18(2)33(22)26)19-10-12-20(13-11-19)27(35)30-23-9-4-5-14-29-23;1-3-23(33)31-14-6-7-20(31)25-30-24(21-16-27-15-17(2)32(21)25)18-9-11-19(12-10-18)26(34)29-22-8-4-5-13-28-22/h4-6,9-14,16,21H,1,7-8,15H2,2-3H3,(H,28,30,35);4-5,9-14,16-17,21H,6,8,15H2,1-2H3,(H,29,30,35);3-5,8-13,15-16,20H,1,6-7,14H2,2H3,(H,28,29,34)/t2*21-;20-/m000/s1. The number of nitrogens with one attached hydrogen (secondary N) is 3. The molecule has 15 rings (SSSR count). The average Bonchev–Trinajstić information content (AvgIpc) is 1.61. The van der Waals surface area contributed by atoms with E-state index in [1.54, 1.807) is 128 Å². The topological polar surface area (TPSA) is 277 Å². The number of imidazole rings is 3. The van der Waals surface area contributed by atoms with Crippen molar-refractivity contribution in [1.29, 1.82) is 0 Å². The fourth-order valence-electron chi connectivity index (χ4n) is 13.7. The van der Waals surface area contributed by atoms with Crippen molar-refractivity contribution in [2.24, 2.45) is 0 Å². The van der Waals surface area contributed by atoms with E-state index in [0.29, 0.717) is 53.8 Å². The van der Waals surface area contributed by atoms with Gasteiger partial charge in [0.2, 0.25) is 11.8 Å². The van der Waals surface area contributed by atoms with Gasteiger partial charge < -0.3 is 30.7 Å². The maximum Gasteiger partial charge on any atom is 0.299 e. The first-order valence-corrected chi connectivity index (χ1v) is 34.2. The van der Waals surface area contributed by atoms with Crippen molar-refractivity contribution in [2.45, 2.75) is 91.3 Å². The molecule has 3 N–H and O–H groups in total. The van der Waals surface area contributed by atoms with E-state index in [0.717, 1.165) is 129 Å². The first-order valence-electron chi connectivity index (χ1n) is 34.2. The third kappa shape index (κ3) is 14.3. The molecule has 12 aromatic rings. The number of hydrogen-bond donors (Lipinski definition) is 3. The molecule has 6 amide bonds. The van der Waals surface area contributed by atoms with Gasteiger partial charge >= 0.3 is 0 Å². The number of aromatic nitrogens is 12. The largest absolute Gasteiger partial charge is 0.329 e. The Morgan fingerprint density at radius 1 is 0.442 bits per heavy atom. The Bertz CT molecular complexity index is 5320. The summed E-state index contributed by atoms with van der Waals surface area (Å²) in [5.74, 6) is 8.26. The molecule has 3 aliphatic heterocycles. The van der Waals surface area contributed by atoms with Crippen LogP contribution >= 0.6 is 0 Å². The van der Waals surface area contributed by atoms with Gasteiger partial charge in [0, 0.05) is 107 Å². The Balaban J connectivity index is 0.000000139. The SMILES string of the molecule is C=CC(=O)N1CCC[C@H]1c1nc(-c2ccc(C(=O)Nc3ccccn3)cc2)c2c(C)ncc(C)n12.C=CC(=O)N1CCC[C@H]1c1nc(-c2ccc(C(=O)Nc3ccccn3)cc2)c2cncc(C)n12.CC#CC(=O)N1CCC[C@H]1c1nc(-c2ccc(C(=O)Nc3ccccn3)cc2)c2cncc(C)n12. The molecule has 0 spiro atoms. The molecule has 24 nitrogen and oxygen atoms in total. The van der Waals surface area contributed by atoms with Crippen LogP contribution in [0.5, 0.6) is 0 Å². The van der Waals surface area contributed by atoms with Gasteiger partial charge in [-0.2, -0.15) is 0 Å². The summed E-state index contributed by atoms with van der Waals surface area (Å²) in [6.07, 6.45) is 21.8. The van der Waals surface area contributed by atoms with Crippen molar-refractivity contribution in [2.75, 3.05) is 35.6 Å². The number of anilines is 3. The third-order valence-corrected chi connectivity index (χ3v) is 18.6. The van der Waals surface area contributed by atoms with Gasteiger partial charge in [-0.3, -0.25) is 56.9 Å². The van der Waals surface area contributed by atoms with Crippen LogP contribution in [0.4, 0.5) is 17.5 Å². The van der Waals surface area contributed by atoms with Crippen molar-refractivity contribution in [1.82, 2.24) is 72.8 Å². The second-order valence-corrected chi connectivity index (χ2v) is 25.2. The number of hydrogen-bond acceptors (Lipinski definition) is 15. The highest BCUT2D eigenvalue weighted by Gasteiger charge is 2.37. The predicted molar refractivity (Wildman–Crippen MR) is 396 cm³/mol. The summed E-state index contributed by atoms with van der Waals surface area (Å²) in [5.41, 5.74) is 12.8. The molecule has 9 aromatic heterocycles. The van der Waals surface area contributed by atoms with Crippen LogP contribution < -0.4 is 16.0 Å². The highest BCUT2D eigenvalue weighted by atomic mass is 16.2. The number of likely N-dealkylation sites (tertiary alicyclic amines) is 3. The second kappa shape index (κ2) is 30.7. The van der Waals surface area contributed by atoms with Crippen molar-refractivity contribution >= 4 is 69.4 Å². The molecule has 3 aromatic carbocycles. The van der Waals surface area contributed by atoms with Gasteiger partial charge in [0.1, 0.15) is 34.9 Å². The lowest BCUT2D eigenvalue weighted by atomic mass is 10.1. The van der Waals surface area contributed by atoms with Crippen LogP contribution in [0.2, 0.25) is 0 Å². The maximum absolute atomic E-state index is 12.7. The van der Waals surface area contributed by atoms with Crippen LogP contribution in [0.1, 0.15) is 135 Å². The zero-order chi connectivity index (χ0) is 72.5. The minimum atomic E-state index is -0.236. The molecule has 0 bridgehead atoms. The van der Waals surface area contributed by atoms with Gasteiger partial charge in [0.25, 0.3) is 23.6 Å². The first kappa shape index (κ1) is 69.3. The summed E-state index contributed by atoms with van der Waals surface area (Å²) in [6, 6.07) is 37.6. The Morgan fingerprint density at radius 2 is 0.808 bits per heavy atom. The summed E-state index contributed by atoms with van der Waals surface area (Å²) in [6.45, 7) is 18.9. The van der Waals surface area contributed by atoms with Crippen molar-refractivity contribution < 1.29 is 28.8 Å². The first-order chi connectivity index (χ1) is 50.6. The summed E-state index contributed by atoms with van der Waals surface area (Å²) in [7, 11) is 0. The van der Waals surface area contributed by atoms with E-state index in [1.807, 2.05) is 98.3 Å². The van der Waals surface area contributed by atoms with Crippen LogP contribution in [-0.2, 0) is 14.4 Å². The highest BCUT2D eigenvalue weighted by molar-refractivity contribution is 6.06. The smallest absolute Gasteiger partial charge is 0.299 e. The average molecular weight is 1380 g/mol. The lowest BCUT2D eigenvalue weighted by Crippen LogP contribution is -2.30. The molecule has 104 heavy (non-hydrogen) atoms. The Kier molecular flexibility index (Phi) is 20.5. The van der Waals surface area contributed by atoms with Crippen LogP contribution in [0.15, 0.2) is 202 Å². The molecule has 24 heteroatoms. The lowest BCUT2D eigenvalue weighted by molar-refractivity contribution is -0.127. The highest BCUT2D eigenvalue weighted by Crippen LogP contribution is 2.40. The molecule has 0 unspecified atom stereocenters. The normalized spacial score (nSPS) is 15.3. The number of amides is 6. The number of carbonyl (C=O) groups is 6. The number of benzene rings is 3. The van der Waals surface area contributed by atoms with E-state index in [2.05, 4.69) is 84.1 Å². The lowest BCUT2D eigenvalue weighted by Gasteiger charge is -2.23. The van der Waals surface area contributed by atoms with Gasteiger partial charge in [0.15, 0.2) is 0 Å². The van der Waals surface area contributed by atoms with E-state index in [1.165, 1.54) is 12.2 Å². The van der Waals surface area contributed by atoms with E-state index >= 15 is 0 Å². The molecule has 520 valence electrons. The van der Waals surface area contributed by atoms with Crippen molar-refractivity contribution in [3.05, 3.63) is 259 Å². The predicted octanol–water partition coefficient (Wildman–Crippen LogP) is 12.8. The molecule has 0 saturated carbocycles. The van der Waals surface area contributed by atoms with Crippen LogP contribution in [0.3, 0.4) is 0 Å². The number of carbonyl (C=O) groups excluding carboxylic acids is 6. The monoisotopic (exact) mass is 1380 g/mol. The van der Waals surface area contributed by atoms with E-state index < -0.39 is 0 Å². The molecule has 3 atom stereocenters. The number of nitrogens with zero attached hydrogens (tertiary/aromatic N) is 15. The van der Waals surface area contributed by atoms with Crippen molar-refractivity contribution in [3.63, 3.8) is 0 Å². The summed E-state index contributed by atoms with van der Waals surface area (Å²) in [5, 5.41) is 8.39. The van der Waals surface area contributed by atoms with Gasteiger partial charge in [-0.1, -0.05) is 73.7 Å². The van der Waals surface area contributed by atoms with Crippen LogP contribution in [0, 0.1) is 39.5 Å². The van der Waals surface area contributed by atoms with E-state index in [9.17, 15) is 28.8 Å². The number of rotatable bonds is 14. The molecule has 12 heterocycles. The number of pyridine rings is 3. The molecule has 0 radical (unpaired) electrons. The van der Waals surface area contributed by atoms with Crippen LogP contribution in [0.25, 0.3) is 50.3 Å².